The molecule has 4 N–H and O–H groups in total. The topological polar surface area (TPSA) is 184 Å². The van der Waals surface area contributed by atoms with E-state index < -0.39 is 30.4 Å². The van der Waals surface area contributed by atoms with E-state index in [-0.39, 0.29) is 29.8 Å². The van der Waals surface area contributed by atoms with Crippen LogP contribution in [0.5, 0.6) is 0 Å². The Hall–Kier alpha value is -5.88. The fourth-order valence-corrected chi connectivity index (χ4v) is 7.43. The number of ether oxygens (including phenoxy) is 3. The molecule has 5 unspecified atom stereocenters. The van der Waals surface area contributed by atoms with Gasteiger partial charge >= 0.3 is 12.2 Å². The highest BCUT2D eigenvalue weighted by Gasteiger charge is 2.39. The van der Waals surface area contributed by atoms with E-state index in [9.17, 15) is 19.2 Å². The second-order valence-corrected chi connectivity index (χ2v) is 14.6. The Labute approximate surface area is 326 Å². The number of nitrogens with zero attached hydrogens (tertiary/aromatic N) is 4. The van der Waals surface area contributed by atoms with Crippen molar-refractivity contribution in [2.24, 2.45) is 5.92 Å². The van der Waals surface area contributed by atoms with Crippen LogP contribution in [0.1, 0.15) is 87.1 Å². The highest BCUT2D eigenvalue weighted by Crippen LogP contribution is 2.34. The second kappa shape index (κ2) is 17.3. The molecule has 4 amide bonds. The highest BCUT2D eigenvalue weighted by atomic mass is 16.5. The van der Waals surface area contributed by atoms with Crippen LogP contribution in [0.2, 0.25) is 0 Å². The molecule has 5 atom stereocenters. The SMILES string of the molecule is COC(=O)NC(C(=O)N1CCCC1c1nc(C#Cc2ccc3cc(-c4cnc(C5CCCN5C(=O)C(NC(=O)OC)C(C)OC)[nH]4)ccc3c2)c(C)[nH]1)C(C)C. The Morgan fingerprint density at radius 3 is 2.05 bits per heavy atom. The summed E-state index contributed by atoms with van der Waals surface area (Å²) in [5.41, 5.74) is 4.04. The Kier molecular flexibility index (Phi) is 12.3. The predicted octanol–water partition coefficient (Wildman–Crippen LogP) is 5.13. The molecule has 2 aliphatic rings. The molecule has 4 aromatic rings. The quantitative estimate of drug-likeness (QED) is 0.159. The number of hydrogen-bond acceptors (Lipinski definition) is 9. The van der Waals surface area contributed by atoms with Gasteiger partial charge in [-0.25, -0.2) is 19.6 Å². The molecule has 15 nitrogen and oxygen atoms in total. The Balaban J connectivity index is 1.15. The number of likely N-dealkylation sites (tertiary alicyclic amines) is 2. The summed E-state index contributed by atoms with van der Waals surface area (Å²) in [7, 11) is 4.03. The molecule has 0 spiro atoms. The number of H-pyrrole nitrogens is 2. The van der Waals surface area contributed by atoms with E-state index in [1.54, 1.807) is 22.9 Å². The van der Waals surface area contributed by atoms with Crippen LogP contribution in [0.25, 0.3) is 22.0 Å². The first kappa shape index (κ1) is 39.8. The molecule has 296 valence electrons. The summed E-state index contributed by atoms with van der Waals surface area (Å²) in [6.07, 6.45) is 3.01. The molecule has 0 bridgehead atoms. The molecule has 6 rings (SSSR count). The van der Waals surface area contributed by atoms with Crippen LogP contribution >= 0.6 is 0 Å². The molecule has 2 aromatic carbocycles. The van der Waals surface area contributed by atoms with E-state index in [1.807, 2.05) is 51.1 Å². The molecule has 2 saturated heterocycles. The van der Waals surface area contributed by atoms with Gasteiger partial charge in [0.1, 0.15) is 29.4 Å². The van der Waals surface area contributed by atoms with Gasteiger partial charge in [-0.2, -0.15) is 0 Å². The van der Waals surface area contributed by atoms with E-state index in [0.717, 1.165) is 59.0 Å². The van der Waals surface area contributed by atoms with Crippen LogP contribution in [-0.4, -0.2) is 106 Å². The molecule has 2 fully saturated rings. The van der Waals surface area contributed by atoms with Crippen LogP contribution in [0.15, 0.2) is 42.6 Å². The third-order valence-electron chi connectivity index (χ3n) is 10.6. The minimum atomic E-state index is -0.902. The molecule has 0 radical (unpaired) electrons. The van der Waals surface area contributed by atoms with Gasteiger partial charge in [-0.3, -0.25) is 9.59 Å². The normalized spacial score (nSPS) is 18.3. The van der Waals surface area contributed by atoms with Crippen molar-refractivity contribution in [3.05, 3.63) is 71.2 Å². The van der Waals surface area contributed by atoms with Gasteiger partial charge in [-0.15, -0.1) is 0 Å². The zero-order chi connectivity index (χ0) is 40.1. The average molecular weight is 767 g/mol. The predicted molar refractivity (Wildman–Crippen MR) is 208 cm³/mol. The maximum absolute atomic E-state index is 13.6. The molecule has 0 aliphatic carbocycles. The van der Waals surface area contributed by atoms with Crippen molar-refractivity contribution < 1.29 is 33.4 Å². The first-order valence-corrected chi connectivity index (χ1v) is 18.9. The van der Waals surface area contributed by atoms with Gasteiger partial charge in [-0.1, -0.05) is 38.0 Å². The van der Waals surface area contributed by atoms with Crippen molar-refractivity contribution >= 4 is 34.8 Å². The third-order valence-corrected chi connectivity index (χ3v) is 10.6. The number of benzene rings is 2. The maximum Gasteiger partial charge on any atom is 0.407 e. The standard InChI is InChI=1S/C41H50N8O7/c1-23(2)34(46-40(52)55-6)38(50)49-19-9-11-33(49)37-43-24(3)30(44-37)17-13-26-12-14-28-21-29(16-15-27(28)20-26)31-22-42-36(45-31)32-10-8-18-48(32)39(51)35(25(4)54-5)47-41(53)56-7/h12,14-16,20-23,25,32-35H,8-11,18-19H2,1-7H3,(H,42,45)(H,43,44)(H,46,52)(H,47,53). The Morgan fingerprint density at radius 2 is 1.41 bits per heavy atom. The number of hydrogen-bond donors (Lipinski definition) is 4. The first-order chi connectivity index (χ1) is 26.9. The second-order valence-electron chi connectivity index (χ2n) is 14.6. The number of imidazole rings is 2. The number of methoxy groups -OCH3 is 3. The molecule has 15 heteroatoms. The summed E-state index contributed by atoms with van der Waals surface area (Å²) in [5.74, 6) is 7.30. The summed E-state index contributed by atoms with van der Waals surface area (Å²) in [6, 6.07) is 10.1. The number of carbonyl (C=O) groups excluding carboxylic acids is 4. The van der Waals surface area contributed by atoms with Gasteiger partial charge in [0.15, 0.2) is 0 Å². The summed E-state index contributed by atoms with van der Waals surface area (Å²) >= 11 is 0. The van der Waals surface area contributed by atoms with Gasteiger partial charge in [0.05, 0.1) is 44.3 Å². The van der Waals surface area contributed by atoms with Crippen molar-refractivity contribution in [2.75, 3.05) is 34.4 Å². The summed E-state index contributed by atoms with van der Waals surface area (Å²) in [5, 5.41) is 7.35. The number of aryl methyl sites for hydroxylation is 1. The first-order valence-electron chi connectivity index (χ1n) is 18.9. The van der Waals surface area contributed by atoms with E-state index in [1.165, 1.54) is 21.3 Å². The van der Waals surface area contributed by atoms with Crippen LogP contribution in [-0.2, 0) is 23.8 Å². The molecule has 2 aromatic heterocycles. The number of nitrogens with one attached hydrogen (secondary N) is 4. The van der Waals surface area contributed by atoms with Gasteiger partial charge in [0.2, 0.25) is 11.8 Å². The molecule has 2 aliphatic heterocycles. The number of carbonyl (C=O) groups is 4. The third kappa shape index (κ3) is 8.50. The van der Waals surface area contributed by atoms with Crippen molar-refractivity contribution in [3.8, 4) is 23.1 Å². The van der Waals surface area contributed by atoms with Gasteiger partial charge in [-0.05, 0) is 80.3 Å². The zero-order valence-electron chi connectivity index (χ0n) is 32.9. The number of rotatable bonds is 10. The fourth-order valence-electron chi connectivity index (χ4n) is 7.43. The van der Waals surface area contributed by atoms with Gasteiger partial charge in [0, 0.05) is 37.0 Å². The summed E-state index contributed by atoms with van der Waals surface area (Å²) in [6.45, 7) is 8.54. The summed E-state index contributed by atoms with van der Waals surface area (Å²) in [4.78, 5) is 71.0. The molecular weight excluding hydrogens is 716 g/mol. The van der Waals surface area contributed by atoms with Crippen LogP contribution in [0.3, 0.4) is 0 Å². The zero-order valence-corrected chi connectivity index (χ0v) is 32.9. The molecular formula is C41H50N8O7. The van der Waals surface area contributed by atoms with Crippen molar-refractivity contribution in [3.63, 3.8) is 0 Å². The Bertz CT molecular complexity index is 2150. The smallest absolute Gasteiger partial charge is 0.407 e. The van der Waals surface area contributed by atoms with E-state index >= 15 is 0 Å². The van der Waals surface area contributed by atoms with Crippen molar-refractivity contribution in [1.29, 1.82) is 0 Å². The number of fused-ring (bicyclic) bond motifs is 1. The molecule has 4 heterocycles. The monoisotopic (exact) mass is 766 g/mol. The van der Waals surface area contributed by atoms with E-state index in [4.69, 9.17) is 19.2 Å². The largest absolute Gasteiger partial charge is 0.453 e. The van der Waals surface area contributed by atoms with Gasteiger partial charge < -0.3 is 44.6 Å². The number of alkyl carbamates (subject to hydrolysis) is 2. The minimum absolute atomic E-state index is 0.120. The molecule has 56 heavy (non-hydrogen) atoms. The van der Waals surface area contributed by atoms with Crippen molar-refractivity contribution in [1.82, 2.24) is 40.4 Å². The van der Waals surface area contributed by atoms with Gasteiger partial charge in [0.25, 0.3) is 0 Å². The lowest BCUT2D eigenvalue weighted by Crippen LogP contribution is -2.54. The average Bonchev–Trinajstić information content (AvgIpc) is 4.04. The summed E-state index contributed by atoms with van der Waals surface area (Å²) < 4.78 is 14.9. The number of aromatic amines is 2. The van der Waals surface area contributed by atoms with Crippen LogP contribution in [0, 0.1) is 24.7 Å². The lowest BCUT2D eigenvalue weighted by Gasteiger charge is -2.30. The van der Waals surface area contributed by atoms with Crippen LogP contribution in [0.4, 0.5) is 9.59 Å². The Morgan fingerprint density at radius 1 is 0.804 bits per heavy atom. The van der Waals surface area contributed by atoms with E-state index in [0.29, 0.717) is 30.4 Å². The fraction of sp³-hybridized carbons (Fsp3) is 0.463. The highest BCUT2D eigenvalue weighted by molar-refractivity contribution is 5.89. The van der Waals surface area contributed by atoms with Crippen LogP contribution < -0.4 is 10.6 Å². The lowest BCUT2D eigenvalue weighted by atomic mass is 10.0. The lowest BCUT2D eigenvalue weighted by molar-refractivity contribution is -0.137. The number of aromatic nitrogens is 4. The minimum Gasteiger partial charge on any atom is -0.453 e. The number of amides is 4. The molecule has 0 saturated carbocycles. The maximum atomic E-state index is 13.6. The van der Waals surface area contributed by atoms with Crippen molar-refractivity contribution in [2.45, 2.75) is 83.6 Å². The van der Waals surface area contributed by atoms with E-state index in [2.05, 4.69) is 43.5 Å².